The van der Waals surface area contributed by atoms with Gasteiger partial charge in [-0.15, -0.1) is 0 Å². The number of anilines is 1. The number of carbonyl (C=O) groups excluding carboxylic acids is 3. The number of aromatic nitrogens is 1. The highest BCUT2D eigenvalue weighted by Gasteiger charge is 2.18. The number of amides is 1. The molecule has 1 amide bonds. The van der Waals surface area contributed by atoms with Crippen molar-refractivity contribution in [1.29, 1.82) is 0 Å². The van der Waals surface area contributed by atoms with Crippen molar-refractivity contribution >= 4 is 34.4 Å². The van der Waals surface area contributed by atoms with Crippen LogP contribution in [-0.4, -0.2) is 35.6 Å². The largest absolute Gasteiger partial charge is 0.462 e. The van der Waals surface area contributed by atoms with Gasteiger partial charge in [0.05, 0.1) is 29.9 Å². The summed E-state index contributed by atoms with van der Waals surface area (Å²) in [5.41, 5.74) is 2.03. The molecule has 0 atom stereocenters. The van der Waals surface area contributed by atoms with Crippen molar-refractivity contribution in [3.8, 4) is 0 Å². The van der Waals surface area contributed by atoms with Gasteiger partial charge in [-0.25, -0.2) is 9.59 Å². The molecule has 1 heterocycles. The minimum Gasteiger partial charge on any atom is -0.462 e. The van der Waals surface area contributed by atoms with E-state index in [1.54, 1.807) is 20.0 Å². The molecular formula is C22H22N2O5. The van der Waals surface area contributed by atoms with Gasteiger partial charge in [0.1, 0.15) is 0 Å². The zero-order chi connectivity index (χ0) is 21.0. The van der Waals surface area contributed by atoms with Crippen LogP contribution in [0, 0.1) is 0 Å². The number of para-hydroxylation sites is 1. The summed E-state index contributed by atoms with van der Waals surface area (Å²) in [6.07, 6.45) is 1.74. The van der Waals surface area contributed by atoms with Crippen LogP contribution >= 0.6 is 0 Å². The van der Waals surface area contributed by atoms with Gasteiger partial charge in [-0.3, -0.25) is 4.79 Å². The van der Waals surface area contributed by atoms with E-state index < -0.39 is 11.9 Å². The number of rotatable bonds is 6. The van der Waals surface area contributed by atoms with E-state index in [9.17, 15) is 14.4 Å². The summed E-state index contributed by atoms with van der Waals surface area (Å²) in [5, 5.41) is 3.58. The number of benzene rings is 2. The Hall–Kier alpha value is -3.61. The molecule has 0 unspecified atom stereocenters. The second-order valence-corrected chi connectivity index (χ2v) is 6.36. The van der Waals surface area contributed by atoms with E-state index in [1.807, 2.05) is 35.9 Å². The number of ether oxygens (including phenoxy) is 2. The lowest BCUT2D eigenvalue weighted by Gasteiger charge is -2.10. The molecule has 7 nitrogen and oxygen atoms in total. The maximum absolute atomic E-state index is 12.9. The molecule has 0 saturated heterocycles. The molecule has 29 heavy (non-hydrogen) atoms. The van der Waals surface area contributed by atoms with Crippen molar-refractivity contribution in [3.05, 3.63) is 65.4 Å². The SMILES string of the molecule is CCOC(=O)c1cc(NC(=O)c2cn(C)c3ccccc23)cc(C(=O)OCC)c1. The highest BCUT2D eigenvalue weighted by molar-refractivity contribution is 6.13. The fourth-order valence-electron chi connectivity index (χ4n) is 3.09. The molecule has 0 bridgehead atoms. The first-order valence-electron chi connectivity index (χ1n) is 9.29. The standard InChI is InChI=1S/C22H22N2O5/c1-4-28-21(26)14-10-15(22(27)29-5-2)12-16(11-14)23-20(25)18-13-24(3)19-9-7-6-8-17(18)19/h6-13H,4-5H2,1-3H3,(H,23,25). The summed E-state index contributed by atoms with van der Waals surface area (Å²) in [6, 6.07) is 11.9. The fraction of sp³-hybridized carbons (Fsp3) is 0.227. The normalized spacial score (nSPS) is 10.6. The molecule has 150 valence electrons. The van der Waals surface area contributed by atoms with Gasteiger partial charge in [-0.1, -0.05) is 18.2 Å². The topological polar surface area (TPSA) is 86.6 Å². The summed E-state index contributed by atoms with van der Waals surface area (Å²) < 4.78 is 11.9. The smallest absolute Gasteiger partial charge is 0.338 e. The molecule has 0 aliphatic heterocycles. The number of fused-ring (bicyclic) bond motifs is 1. The minimum atomic E-state index is -0.584. The van der Waals surface area contributed by atoms with Crippen LogP contribution in [0.5, 0.6) is 0 Å². The summed E-state index contributed by atoms with van der Waals surface area (Å²) in [6.45, 7) is 3.77. The van der Waals surface area contributed by atoms with Crippen molar-refractivity contribution in [2.24, 2.45) is 7.05 Å². The van der Waals surface area contributed by atoms with Crippen LogP contribution in [0.1, 0.15) is 44.9 Å². The Morgan fingerprint density at radius 2 is 1.52 bits per heavy atom. The van der Waals surface area contributed by atoms with Gasteiger partial charge < -0.3 is 19.4 Å². The van der Waals surface area contributed by atoms with Crippen molar-refractivity contribution < 1.29 is 23.9 Å². The first-order chi connectivity index (χ1) is 13.9. The summed E-state index contributed by atoms with van der Waals surface area (Å²) in [5.74, 6) is -1.52. The van der Waals surface area contributed by atoms with Crippen molar-refractivity contribution in [1.82, 2.24) is 4.57 Å². The molecule has 3 rings (SSSR count). The number of aryl methyl sites for hydroxylation is 1. The van der Waals surface area contributed by atoms with E-state index in [0.717, 1.165) is 10.9 Å². The molecule has 7 heteroatoms. The maximum Gasteiger partial charge on any atom is 0.338 e. The lowest BCUT2D eigenvalue weighted by molar-refractivity contribution is 0.0525. The zero-order valence-electron chi connectivity index (χ0n) is 16.5. The second kappa shape index (κ2) is 8.60. The molecule has 0 aliphatic carbocycles. The maximum atomic E-state index is 12.9. The highest BCUT2D eigenvalue weighted by atomic mass is 16.5. The molecule has 1 aromatic heterocycles. The van der Waals surface area contributed by atoms with E-state index >= 15 is 0 Å². The Kier molecular flexibility index (Phi) is 5.97. The first-order valence-corrected chi connectivity index (χ1v) is 9.29. The Morgan fingerprint density at radius 3 is 2.10 bits per heavy atom. The van der Waals surface area contributed by atoms with E-state index in [2.05, 4.69) is 5.32 Å². The van der Waals surface area contributed by atoms with Gasteiger partial charge in [-0.05, 0) is 38.1 Å². The third kappa shape index (κ3) is 4.29. The molecule has 2 aromatic carbocycles. The predicted octanol–water partition coefficient (Wildman–Crippen LogP) is 3.78. The van der Waals surface area contributed by atoms with Crippen LogP contribution in [0.3, 0.4) is 0 Å². The quantitative estimate of drug-likeness (QED) is 0.643. The minimum absolute atomic E-state index is 0.158. The number of hydrogen-bond acceptors (Lipinski definition) is 5. The number of nitrogens with one attached hydrogen (secondary N) is 1. The number of carbonyl (C=O) groups is 3. The van der Waals surface area contributed by atoms with E-state index in [-0.39, 0.29) is 30.2 Å². The molecular weight excluding hydrogens is 372 g/mol. The highest BCUT2D eigenvalue weighted by Crippen LogP contribution is 2.23. The van der Waals surface area contributed by atoms with Crippen LogP contribution in [0.4, 0.5) is 5.69 Å². The Morgan fingerprint density at radius 1 is 0.931 bits per heavy atom. The molecule has 1 N–H and O–H groups in total. The molecule has 3 aromatic rings. The van der Waals surface area contributed by atoms with Gasteiger partial charge in [0.2, 0.25) is 0 Å². The summed E-state index contributed by atoms with van der Waals surface area (Å²) in [7, 11) is 1.86. The average molecular weight is 394 g/mol. The molecule has 0 saturated carbocycles. The van der Waals surface area contributed by atoms with Crippen LogP contribution in [0.15, 0.2) is 48.7 Å². The van der Waals surface area contributed by atoms with Crippen molar-refractivity contribution in [2.45, 2.75) is 13.8 Å². The lowest BCUT2D eigenvalue weighted by atomic mass is 10.1. The Labute approximate surface area is 168 Å². The first kappa shape index (κ1) is 20.1. The molecule has 0 aliphatic rings. The predicted molar refractivity (Wildman–Crippen MR) is 109 cm³/mol. The summed E-state index contributed by atoms with van der Waals surface area (Å²) >= 11 is 0. The van der Waals surface area contributed by atoms with Crippen molar-refractivity contribution in [2.75, 3.05) is 18.5 Å². The molecule has 0 radical (unpaired) electrons. The fourth-order valence-corrected chi connectivity index (χ4v) is 3.09. The van der Waals surface area contributed by atoms with E-state index in [1.165, 1.54) is 18.2 Å². The van der Waals surface area contributed by atoms with Crippen LogP contribution in [0.25, 0.3) is 10.9 Å². The molecule has 0 spiro atoms. The Balaban J connectivity index is 1.97. The monoisotopic (exact) mass is 394 g/mol. The van der Waals surface area contributed by atoms with Crippen LogP contribution < -0.4 is 5.32 Å². The lowest BCUT2D eigenvalue weighted by Crippen LogP contribution is -2.15. The van der Waals surface area contributed by atoms with E-state index in [4.69, 9.17) is 9.47 Å². The van der Waals surface area contributed by atoms with Gasteiger partial charge in [0, 0.05) is 29.8 Å². The van der Waals surface area contributed by atoms with E-state index in [0.29, 0.717) is 11.3 Å². The van der Waals surface area contributed by atoms with Crippen LogP contribution in [0.2, 0.25) is 0 Å². The van der Waals surface area contributed by atoms with Crippen molar-refractivity contribution in [3.63, 3.8) is 0 Å². The third-order valence-corrected chi connectivity index (χ3v) is 4.35. The number of nitrogens with zero attached hydrogens (tertiary/aromatic N) is 1. The molecule has 0 fully saturated rings. The van der Waals surface area contributed by atoms with Crippen LogP contribution in [-0.2, 0) is 16.5 Å². The zero-order valence-corrected chi connectivity index (χ0v) is 16.5. The van der Waals surface area contributed by atoms with Gasteiger partial charge in [-0.2, -0.15) is 0 Å². The number of hydrogen-bond donors (Lipinski definition) is 1. The number of esters is 2. The average Bonchev–Trinajstić information content (AvgIpc) is 3.05. The van der Waals surface area contributed by atoms with Gasteiger partial charge in [0.15, 0.2) is 0 Å². The third-order valence-electron chi connectivity index (χ3n) is 4.35. The van der Waals surface area contributed by atoms with Gasteiger partial charge >= 0.3 is 11.9 Å². The summed E-state index contributed by atoms with van der Waals surface area (Å²) in [4.78, 5) is 37.2. The second-order valence-electron chi connectivity index (χ2n) is 6.36. The van der Waals surface area contributed by atoms with Gasteiger partial charge in [0.25, 0.3) is 5.91 Å². The Bertz CT molecular complexity index is 1050.